The van der Waals surface area contributed by atoms with E-state index in [1.165, 1.54) is 25.1 Å². The topological polar surface area (TPSA) is 111 Å². The Morgan fingerprint density at radius 1 is 1.02 bits per heavy atom. The van der Waals surface area contributed by atoms with Gasteiger partial charge < -0.3 is 10.1 Å². The maximum Gasteiger partial charge on any atom is 0.435 e. The molecule has 1 saturated carbocycles. The molecule has 1 amide bonds. The fraction of sp³-hybridized carbons (Fsp3) is 0.333. The molecule has 4 rings (SSSR count). The van der Waals surface area contributed by atoms with Gasteiger partial charge in [0.05, 0.1) is 10.3 Å². The Morgan fingerprint density at radius 3 is 2.23 bits per heavy atom. The lowest BCUT2D eigenvalue weighted by Gasteiger charge is -2.21. The molecule has 1 aliphatic rings. The summed E-state index contributed by atoms with van der Waals surface area (Å²) in [4.78, 5) is 16.4. The lowest BCUT2D eigenvalue weighted by Crippen LogP contribution is -2.30. The second-order valence-corrected chi connectivity index (χ2v) is 11.3. The number of aryl methyl sites for hydroxylation is 1. The van der Waals surface area contributed by atoms with Gasteiger partial charge in [-0.25, -0.2) is 8.42 Å². The van der Waals surface area contributed by atoms with E-state index in [0.717, 1.165) is 25.3 Å². The number of carbonyl (C=O) groups is 1. The summed E-state index contributed by atoms with van der Waals surface area (Å²) in [5.41, 5.74) is -6.40. The van der Waals surface area contributed by atoms with Crippen LogP contribution < -0.4 is 10.1 Å². The van der Waals surface area contributed by atoms with Crippen LogP contribution >= 0.6 is 0 Å². The van der Waals surface area contributed by atoms with E-state index in [-0.39, 0.29) is 29.0 Å². The van der Waals surface area contributed by atoms with Crippen molar-refractivity contribution < 1.29 is 48.7 Å². The molecule has 0 aliphatic heterocycles. The van der Waals surface area contributed by atoms with Crippen LogP contribution in [-0.4, -0.2) is 41.9 Å². The smallest absolute Gasteiger partial charge is 0.418 e. The zero-order valence-corrected chi connectivity index (χ0v) is 21.6. The van der Waals surface area contributed by atoms with Gasteiger partial charge in [-0.1, -0.05) is 6.07 Å². The number of rotatable bonds is 6. The average Bonchev–Trinajstić information content (AvgIpc) is 3.62. The fourth-order valence-electron chi connectivity index (χ4n) is 4.04. The zero-order chi connectivity index (χ0) is 29.8. The van der Waals surface area contributed by atoms with Crippen LogP contribution in [0.25, 0.3) is 0 Å². The number of alkyl halides is 6. The number of halogens is 7. The monoisotopic (exact) mass is 592 g/mol. The molecule has 2 aromatic heterocycles. The van der Waals surface area contributed by atoms with Crippen molar-refractivity contribution in [2.45, 2.75) is 49.4 Å². The first-order valence-electron chi connectivity index (χ1n) is 11.3. The van der Waals surface area contributed by atoms with Crippen molar-refractivity contribution >= 4 is 21.4 Å². The van der Waals surface area contributed by atoms with E-state index in [4.69, 9.17) is 4.74 Å². The number of aromatic nitrogens is 3. The second kappa shape index (κ2) is 9.67. The summed E-state index contributed by atoms with van der Waals surface area (Å²) >= 11 is 0. The number of nitrogens with one attached hydrogen (secondary N) is 1. The molecule has 0 spiro atoms. The Morgan fingerprint density at radius 2 is 1.68 bits per heavy atom. The summed E-state index contributed by atoms with van der Waals surface area (Å²) in [6, 6.07) is 5.73. The molecule has 214 valence electrons. The van der Waals surface area contributed by atoms with E-state index >= 15 is 0 Å². The SMILES string of the molecule is Cc1cc(C2(C(F)(F)F)CC2)c(F)nc1Oc1nnc(C(F)(F)F)c(C)c1C(=O)Nc1cccc(S(C)(=O)=O)c1. The van der Waals surface area contributed by atoms with Crippen LogP contribution in [0.3, 0.4) is 0 Å². The third kappa shape index (κ3) is 5.44. The van der Waals surface area contributed by atoms with E-state index in [9.17, 15) is 43.9 Å². The van der Waals surface area contributed by atoms with Crippen molar-refractivity contribution in [3.63, 3.8) is 0 Å². The van der Waals surface area contributed by atoms with Crippen molar-refractivity contribution in [2.75, 3.05) is 11.6 Å². The highest BCUT2D eigenvalue weighted by molar-refractivity contribution is 7.90. The summed E-state index contributed by atoms with van der Waals surface area (Å²) in [5.74, 6) is -4.22. The normalized spacial score (nSPS) is 15.1. The highest BCUT2D eigenvalue weighted by atomic mass is 32.2. The molecule has 2 heterocycles. The van der Waals surface area contributed by atoms with Gasteiger partial charge in [0.15, 0.2) is 15.5 Å². The Labute approximate surface area is 222 Å². The van der Waals surface area contributed by atoms with Gasteiger partial charge in [0, 0.05) is 23.1 Å². The number of pyridine rings is 1. The third-order valence-corrected chi connectivity index (χ3v) is 7.43. The molecule has 1 aromatic carbocycles. The summed E-state index contributed by atoms with van der Waals surface area (Å²) in [7, 11) is -3.70. The van der Waals surface area contributed by atoms with Crippen molar-refractivity contribution in [2.24, 2.45) is 0 Å². The van der Waals surface area contributed by atoms with Crippen LogP contribution in [0.5, 0.6) is 11.8 Å². The van der Waals surface area contributed by atoms with Gasteiger partial charge in [-0.2, -0.15) is 35.7 Å². The molecule has 0 bridgehead atoms. The van der Waals surface area contributed by atoms with Gasteiger partial charge in [0.1, 0.15) is 5.56 Å². The molecule has 1 aliphatic carbocycles. The number of hydrogen-bond acceptors (Lipinski definition) is 7. The Hall–Kier alpha value is -3.82. The van der Waals surface area contributed by atoms with Gasteiger partial charge in [-0.3, -0.25) is 4.79 Å². The zero-order valence-electron chi connectivity index (χ0n) is 20.8. The van der Waals surface area contributed by atoms with E-state index in [1.807, 2.05) is 0 Å². The van der Waals surface area contributed by atoms with E-state index in [0.29, 0.717) is 0 Å². The first-order valence-corrected chi connectivity index (χ1v) is 13.2. The maximum absolute atomic E-state index is 14.8. The molecule has 16 heteroatoms. The minimum atomic E-state index is -5.04. The molecule has 0 radical (unpaired) electrons. The standard InChI is InChI=1S/C24H19F7N4O4S/c1-11-9-15(22(7-8-22)24(29,30)31)18(25)33-20(11)39-21-16(12(2)17(34-35-21)23(26,27)28)19(36)32-13-5-4-6-14(10-13)40(3,37)38/h4-6,9-10H,7-8H2,1-3H3,(H,32,36). The minimum absolute atomic E-state index is 0.102. The quantitative estimate of drug-likeness (QED) is 0.289. The Balaban J connectivity index is 1.76. The second-order valence-electron chi connectivity index (χ2n) is 9.24. The van der Waals surface area contributed by atoms with Gasteiger partial charge >= 0.3 is 12.4 Å². The minimum Gasteiger partial charge on any atom is -0.418 e. The lowest BCUT2D eigenvalue weighted by molar-refractivity contribution is -0.161. The number of carbonyl (C=O) groups excluding carboxylic acids is 1. The van der Waals surface area contributed by atoms with Crippen molar-refractivity contribution in [3.8, 4) is 11.8 Å². The molecular formula is C24H19F7N4O4S. The van der Waals surface area contributed by atoms with Gasteiger partial charge in [-0.05, 0) is 56.5 Å². The Kier molecular flexibility index (Phi) is 7.05. The number of ether oxygens (including phenoxy) is 1. The molecule has 1 N–H and O–H groups in total. The summed E-state index contributed by atoms with van der Waals surface area (Å²) in [6.07, 6.45) is -9.56. The molecule has 0 unspecified atom stereocenters. The predicted octanol–water partition coefficient (Wildman–Crippen LogP) is 5.69. The molecule has 40 heavy (non-hydrogen) atoms. The van der Waals surface area contributed by atoms with Crippen molar-refractivity contribution in [3.05, 3.63) is 64.2 Å². The largest absolute Gasteiger partial charge is 0.435 e. The van der Waals surface area contributed by atoms with E-state index < -0.39 is 73.6 Å². The molecule has 3 aromatic rings. The average molecular weight is 592 g/mol. The molecule has 0 atom stereocenters. The van der Waals surface area contributed by atoms with Crippen LogP contribution in [0.1, 0.15) is 45.6 Å². The summed E-state index contributed by atoms with van der Waals surface area (Å²) in [5, 5.41) is 8.64. The Bertz CT molecular complexity index is 1620. The van der Waals surface area contributed by atoms with Crippen LogP contribution in [0.15, 0.2) is 35.2 Å². The number of amides is 1. The first kappa shape index (κ1) is 29.2. The van der Waals surface area contributed by atoms with Crippen LogP contribution in [0, 0.1) is 19.8 Å². The molecule has 8 nitrogen and oxygen atoms in total. The summed E-state index contributed by atoms with van der Waals surface area (Å²) in [6.45, 7) is 2.13. The van der Waals surface area contributed by atoms with Crippen molar-refractivity contribution in [1.82, 2.24) is 15.2 Å². The number of sulfone groups is 1. The maximum atomic E-state index is 14.8. The predicted molar refractivity (Wildman–Crippen MR) is 125 cm³/mol. The lowest BCUT2D eigenvalue weighted by atomic mass is 9.95. The van der Waals surface area contributed by atoms with E-state index in [1.54, 1.807) is 0 Å². The molecule has 0 saturated heterocycles. The molecular weight excluding hydrogens is 573 g/mol. The highest BCUT2D eigenvalue weighted by Crippen LogP contribution is 2.59. The summed E-state index contributed by atoms with van der Waals surface area (Å²) < 4.78 is 125. The number of benzene rings is 1. The third-order valence-electron chi connectivity index (χ3n) is 6.32. The molecule has 1 fully saturated rings. The van der Waals surface area contributed by atoms with Gasteiger partial charge in [0.25, 0.3) is 11.8 Å². The van der Waals surface area contributed by atoms with Crippen LogP contribution in [0.2, 0.25) is 0 Å². The van der Waals surface area contributed by atoms with E-state index in [2.05, 4.69) is 20.5 Å². The van der Waals surface area contributed by atoms with Crippen molar-refractivity contribution in [1.29, 1.82) is 0 Å². The van der Waals surface area contributed by atoms with Gasteiger partial charge in [0.2, 0.25) is 11.8 Å². The highest BCUT2D eigenvalue weighted by Gasteiger charge is 2.65. The number of nitrogens with zero attached hydrogens (tertiary/aromatic N) is 3. The first-order chi connectivity index (χ1) is 18.3. The number of hydrogen-bond donors (Lipinski definition) is 1. The van der Waals surface area contributed by atoms with Crippen LogP contribution in [0.4, 0.5) is 36.4 Å². The fourth-order valence-corrected chi connectivity index (χ4v) is 4.71. The van der Waals surface area contributed by atoms with Gasteiger partial charge in [-0.15, -0.1) is 10.2 Å². The number of anilines is 1. The van der Waals surface area contributed by atoms with Crippen LogP contribution in [-0.2, 0) is 21.4 Å².